The number of hydrogen-bond acceptors (Lipinski definition) is 5. The lowest BCUT2D eigenvalue weighted by Gasteiger charge is -2.40. The van der Waals surface area contributed by atoms with E-state index in [-0.39, 0.29) is 17.3 Å². The minimum atomic E-state index is -0.512. The van der Waals surface area contributed by atoms with E-state index in [2.05, 4.69) is 5.16 Å². The summed E-state index contributed by atoms with van der Waals surface area (Å²) in [6.45, 7) is 6.29. The molecule has 0 aromatic rings. The molecule has 5 nitrogen and oxygen atoms in total. The van der Waals surface area contributed by atoms with E-state index in [1.165, 1.54) is 0 Å². The molecule has 124 valence electrons. The first kappa shape index (κ1) is 16.8. The smallest absolute Gasteiger partial charge is 0.344 e. The summed E-state index contributed by atoms with van der Waals surface area (Å²) in [6.07, 6.45) is 5.90. The molecule has 5 heteroatoms. The van der Waals surface area contributed by atoms with Gasteiger partial charge in [-0.3, -0.25) is 0 Å². The average Bonchev–Trinajstić information content (AvgIpc) is 2.93. The Kier molecular flexibility index (Phi) is 5.48. The quantitative estimate of drug-likeness (QED) is 0.459. The van der Waals surface area contributed by atoms with Crippen molar-refractivity contribution in [2.75, 3.05) is 6.61 Å². The zero-order valence-electron chi connectivity index (χ0n) is 13.9. The van der Waals surface area contributed by atoms with Crippen LogP contribution in [0.5, 0.6) is 0 Å². The molecule has 1 spiro atoms. The van der Waals surface area contributed by atoms with Gasteiger partial charge in [0.1, 0.15) is 23.5 Å². The van der Waals surface area contributed by atoms with Gasteiger partial charge in [0.05, 0.1) is 11.6 Å². The first-order chi connectivity index (χ1) is 10.6. The number of carbonyl (C=O) groups excluding carboxylic acids is 1. The molecule has 2 aliphatic rings. The zero-order valence-corrected chi connectivity index (χ0v) is 13.9. The topological polar surface area (TPSA) is 68.1 Å². The van der Waals surface area contributed by atoms with Crippen molar-refractivity contribution in [2.24, 2.45) is 11.1 Å². The third-order valence-electron chi connectivity index (χ3n) is 4.66. The average molecular weight is 309 g/mol. The molecule has 0 saturated heterocycles. The molecule has 0 bridgehead atoms. The maximum atomic E-state index is 12.5. The molecule has 0 aromatic carbocycles. The fourth-order valence-corrected chi connectivity index (χ4v) is 3.69. The van der Waals surface area contributed by atoms with E-state index in [0.717, 1.165) is 38.5 Å². The normalized spacial score (nSPS) is 24.8. The van der Waals surface area contributed by atoms with E-state index in [0.29, 0.717) is 18.7 Å². The number of aliphatic hydroxyl groups excluding tert-OH is 1. The van der Waals surface area contributed by atoms with Crippen LogP contribution >= 0.6 is 0 Å². The van der Waals surface area contributed by atoms with Crippen LogP contribution in [-0.2, 0) is 14.4 Å². The van der Waals surface area contributed by atoms with E-state index in [9.17, 15) is 9.90 Å². The molecule has 1 fully saturated rings. The van der Waals surface area contributed by atoms with Crippen LogP contribution in [0.15, 0.2) is 16.5 Å². The summed E-state index contributed by atoms with van der Waals surface area (Å²) in [5.74, 6) is -0.435. The number of esters is 1. The molecular weight excluding hydrogens is 282 g/mol. The van der Waals surface area contributed by atoms with Gasteiger partial charge in [0.25, 0.3) is 0 Å². The third-order valence-corrected chi connectivity index (χ3v) is 4.66. The molecule has 1 aliphatic heterocycles. The van der Waals surface area contributed by atoms with Gasteiger partial charge >= 0.3 is 5.97 Å². The summed E-state index contributed by atoms with van der Waals surface area (Å²) in [5.41, 5.74) is 0.209. The molecule has 1 unspecified atom stereocenters. The van der Waals surface area contributed by atoms with Crippen molar-refractivity contribution in [3.63, 3.8) is 0 Å². The molecule has 1 saturated carbocycles. The molecule has 1 heterocycles. The highest BCUT2D eigenvalue weighted by Crippen LogP contribution is 2.47. The second kappa shape index (κ2) is 7.16. The zero-order chi connectivity index (χ0) is 16.2. The maximum absolute atomic E-state index is 12.5. The Morgan fingerprint density at radius 3 is 2.59 bits per heavy atom. The Morgan fingerprint density at radius 2 is 2.05 bits per heavy atom. The van der Waals surface area contributed by atoms with Gasteiger partial charge in [-0.1, -0.05) is 25.4 Å². The minimum Gasteiger partial charge on any atom is -0.511 e. The van der Waals surface area contributed by atoms with E-state index >= 15 is 0 Å². The summed E-state index contributed by atoms with van der Waals surface area (Å²) in [4.78, 5) is 17.6. The number of rotatable bonds is 6. The Hall–Kier alpha value is -1.52. The monoisotopic (exact) mass is 309 g/mol. The van der Waals surface area contributed by atoms with Crippen molar-refractivity contribution in [1.82, 2.24) is 0 Å². The standard InChI is InChI=1S/C17H27NO4/c1-4-9-13(18-21-6-3)14-15(19)12(5-2)17(22-16(14)20)10-7-8-11-17/h12,19H,4-11H2,1-3H3/b18-13+. The number of carbonyl (C=O) groups is 1. The van der Waals surface area contributed by atoms with Gasteiger partial charge in [0.15, 0.2) is 0 Å². The second-order valence-electron chi connectivity index (χ2n) is 6.09. The highest BCUT2D eigenvalue weighted by Gasteiger charge is 2.51. The van der Waals surface area contributed by atoms with Crippen molar-refractivity contribution in [2.45, 2.75) is 71.3 Å². The van der Waals surface area contributed by atoms with Crippen LogP contribution in [0.4, 0.5) is 0 Å². The molecule has 2 rings (SSSR count). The molecule has 0 aromatic heterocycles. The molecule has 0 amide bonds. The van der Waals surface area contributed by atoms with Crippen molar-refractivity contribution < 1.29 is 19.5 Å². The highest BCUT2D eigenvalue weighted by molar-refractivity contribution is 6.20. The van der Waals surface area contributed by atoms with Gasteiger partial charge in [-0.05, 0) is 45.4 Å². The van der Waals surface area contributed by atoms with E-state index in [1.807, 2.05) is 20.8 Å². The van der Waals surface area contributed by atoms with Gasteiger partial charge in [0.2, 0.25) is 0 Å². The number of oxime groups is 1. The highest BCUT2D eigenvalue weighted by atomic mass is 16.6. The SMILES string of the molecule is CCC/C(=N\OCC)C1=C(O)C(CC)C2(CCCC2)OC1=O. The summed E-state index contributed by atoms with van der Waals surface area (Å²) >= 11 is 0. The maximum Gasteiger partial charge on any atom is 0.344 e. The first-order valence-electron chi connectivity index (χ1n) is 8.45. The van der Waals surface area contributed by atoms with Crippen LogP contribution in [0.25, 0.3) is 0 Å². The number of aliphatic hydroxyl groups is 1. The van der Waals surface area contributed by atoms with Crippen LogP contribution < -0.4 is 0 Å². The predicted molar refractivity (Wildman–Crippen MR) is 84.7 cm³/mol. The van der Waals surface area contributed by atoms with Crippen molar-refractivity contribution >= 4 is 11.7 Å². The Labute approximate surface area is 132 Å². The number of hydrogen-bond donors (Lipinski definition) is 1. The molecular formula is C17H27NO4. The van der Waals surface area contributed by atoms with Crippen LogP contribution in [-0.4, -0.2) is 29.0 Å². The van der Waals surface area contributed by atoms with Crippen LogP contribution in [0, 0.1) is 5.92 Å². The van der Waals surface area contributed by atoms with Gasteiger partial charge in [0, 0.05) is 0 Å². The summed E-state index contributed by atoms with van der Waals surface area (Å²) < 4.78 is 5.84. The Balaban J connectivity index is 2.42. The van der Waals surface area contributed by atoms with Crippen molar-refractivity contribution in [1.29, 1.82) is 0 Å². The van der Waals surface area contributed by atoms with Gasteiger partial charge < -0.3 is 14.7 Å². The Bertz CT molecular complexity index is 475. The number of nitrogens with zero attached hydrogens (tertiary/aromatic N) is 1. The molecule has 1 N–H and O–H groups in total. The van der Waals surface area contributed by atoms with E-state index in [1.54, 1.807) is 0 Å². The van der Waals surface area contributed by atoms with E-state index < -0.39 is 11.6 Å². The fraction of sp³-hybridized carbons (Fsp3) is 0.765. The first-order valence-corrected chi connectivity index (χ1v) is 8.45. The Morgan fingerprint density at radius 1 is 1.36 bits per heavy atom. The predicted octanol–water partition coefficient (Wildman–Crippen LogP) is 3.89. The van der Waals surface area contributed by atoms with Gasteiger partial charge in [-0.25, -0.2) is 4.79 Å². The summed E-state index contributed by atoms with van der Waals surface area (Å²) in [6, 6.07) is 0. The number of ether oxygens (including phenoxy) is 1. The second-order valence-corrected chi connectivity index (χ2v) is 6.09. The third kappa shape index (κ3) is 2.99. The minimum absolute atomic E-state index is 0.133. The van der Waals surface area contributed by atoms with Gasteiger partial charge in [-0.15, -0.1) is 0 Å². The van der Waals surface area contributed by atoms with Crippen LogP contribution in [0.1, 0.15) is 65.7 Å². The lowest BCUT2D eigenvalue weighted by Crippen LogP contribution is -2.46. The molecule has 1 aliphatic carbocycles. The molecule has 22 heavy (non-hydrogen) atoms. The lowest BCUT2D eigenvalue weighted by molar-refractivity contribution is -0.164. The molecule has 0 radical (unpaired) electrons. The summed E-state index contributed by atoms with van der Waals surface area (Å²) in [7, 11) is 0. The van der Waals surface area contributed by atoms with Crippen LogP contribution in [0.3, 0.4) is 0 Å². The van der Waals surface area contributed by atoms with Gasteiger partial charge in [-0.2, -0.15) is 0 Å². The van der Waals surface area contributed by atoms with Crippen LogP contribution in [0.2, 0.25) is 0 Å². The largest absolute Gasteiger partial charge is 0.511 e. The van der Waals surface area contributed by atoms with E-state index in [4.69, 9.17) is 9.57 Å². The summed E-state index contributed by atoms with van der Waals surface area (Å²) in [5, 5.41) is 14.8. The lowest BCUT2D eigenvalue weighted by atomic mass is 9.78. The van der Waals surface area contributed by atoms with Crippen molar-refractivity contribution in [3.05, 3.63) is 11.3 Å². The van der Waals surface area contributed by atoms with Crippen molar-refractivity contribution in [3.8, 4) is 0 Å². The fourth-order valence-electron chi connectivity index (χ4n) is 3.69. The molecule has 1 atom stereocenters.